The molecule has 0 aliphatic carbocycles. The Balaban J connectivity index is 1.61. The van der Waals surface area contributed by atoms with E-state index in [1.54, 1.807) is 12.1 Å². The number of hydrogen-bond donors (Lipinski definition) is 2. The summed E-state index contributed by atoms with van der Waals surface area (Å²) in [5.41, 5.74) is 2.90. The fraction of sp³-hybridized carbons (Fsp3) is 0.211. The average molecular weight is 337 g/mol. The number of nitrogens with zero attached hydrogens (tertiary/aromatic N) is 1. The summed E-state index contributed by atoms with van der Waals surface area (Å²) in [6.45, 7) is 2.16. The zero-order valence-electron chi connectivity index (χ0n) is 13.9. The van der Waals surface area contributed by atoms with Gasteiger partial charge in [0.2, 0.25) is 5.91 Å². The number of aromatic nitrogens is 1. The zero-order valence-corrected chi connectivity index (χ0v) is 13.9. The van der Waals surface area contributed by atoms with Crippen LogP contribution in [0, 0.1) is 16.0 Å². The van der Waals surface area contributed by atoms with Gasteiger partial charge in [-0.1, -0.05) is 37.3 Å². The second-order valence-electron chi connectivity index (χ2n) is 6.11. The van der Waals surface area contributed by atoms with Crippen molar-refractivity contribution in [3.63, 3.8) is 0 Å². The number of nitro groups is 1. The van der Waals surface area contributed by atoms with Crippen molar-refractivity contribution in [3.8, 4) is 0 Å². The number of amides is 1. The molecule has 0 radical (unpaired) electrons. The smallest absolute Gasteiger partial charge is 0.269 e. The van der Waals surface area contributed by atoms with E-state index in [0.29, 0.717) is 12.0 Å². The Hall–Kier alpha value is -3.15. The maximum absolute atomic E-state index is 12.3. The van der Waals surface area contributed by atoms with E-state index in [1.165, 1.54) is 12.1 Å². The van der Waals surface area contributed by atoms with E-state index in [2.05, 4.69) is 10.3 Å². The quantitative estimate of drug-likeness (QED) is 0.532. The summed E-state index contributed by atoms with van der Waals surface area (Å²) in [5.74, 6) is -0.269. The predicted molar refractivity (Wildman–Crippen MR) is 96.1 cm³/mol. The lowest BCUT2D eigenvalue weighted by atomic mass is 10.00. The molecule has 0 saturated heterocycles. The number of carbonyl (C=O) groups excluding carboxylic acids is 1. The molecule has 1 unspecified atom stereocenters. The highest BCUT2D eigenvalue weighted by Gasteiger charge is 2.16. The molecule has 2 aromatic carbocycles. The molecule has 6 heteroatoms. The van der Waals surface area contributed by atoms with E-state index in [-0.39, 0.29) is 24.1 Å². The number of benzene rings is 2. The van der Waals surface area contributed by atoms with Gasteiger partial charge in [-0.3, -0.25) is 14.9 Å². The molecule has 25 heavy (non-hydrogen) atoms. The third-order valence-electron chi connectivity index (χ3n) is 4.24. The van der Waals surface area contributed by atoms with Crippen LogP contribution in [0.2, 0.25) is 0 Å². The van der Waals surface area contributed by atoms with Crippen molar-refractivity contribution in [2.45, 2.75) is 19.9 Å². The SMILES string of the molecule is CC(Cc1c[nH]c2ccccc12)C(=O)NCc1cccc([N+](=O)[O-])c1. The largest absolute Gasteiger partial charge is 0.361 e. The molecular formula is C19H19N3O3. The Kier molecular flexibility index (Phi) is 4.79. The summed E-state index contributed by atoms with van der Waals surface area (Å²) in [6, 6.07) is 14.3. The van der Waals surface area contributed by atoms with Gasteiger partial charge in [-0.15, -0.1) is 0 Å². The molecule has 0 saturated carbocycles. The number of nitrogens with one attached hydrogen (secondary N) is 2. The number of hydrogen-bond acceptors (Lipinski definition) is 3. The molecule has 2 N–H and O–H groups in total. The van der Waals surface area contributed by atoms with Crippen LogP contribution in [0.5, 0.6) is 0 Å². The summed E-state index contributed by atoms with van der Waals surface area (Å²) in [4.78, 5) is 25.9. The minimum Gasteiger partial charge on any atom is -0.361 e. The Morgan fingerprint density at radius 3 is 2.84 bits per heavy atom. The minimum absolute atomic E-state index is 0.0265. The third-order valence-corrected chi connectivity index (χ3v) is 4.24. The van der Waals surface area contributed by atoms with E-state index in [0.717, 1.165) is 16.5 Å². The van der Waals surface area contributed by atoms with E-state index >= 15 is 0 Å². The Morgan fingerprint density at radius 1 is 1.24 bits per heavy atom. The molecule has 0 aliphatic heterocycles. The molecular weight excluding hydrogens is 318 g/mol. The van der Waals surface area contributed by atoms with Crippen molar-refractivity contribution in [3.05, 3.63) is 76.0 Å². The van der Waals surface area contributed by atoms with Crippen LogP contribution < -0.4 is 5.32 Å². The highest BCUT2D eigenvalue weighted by atomic mass is 16.6. The van der Waals surface area contributed by atoms with Crippen LogP contribution in [0.1, 0.15) is 18.1 Å². The molecule has 0 fully saturated rings. The number of rotatable bonds is 6. The normalized spacial score (nSPS) is 12.0. The first-order chi connectivity index (χ1) is 12.0. The van der Waals surface area contributed by atoms with E-state index in [1.807, 2.05) is 37.4 Å². The summed E-state index contributed by atoms with van der Waals surface area (Å²) in [5, 5.41) is 14.8. The fourth-order valence-electron chi connectivity index (χ4n) is 2.87. The number of non-ortho nitro benzene ring substituents is 1. The number of carbonyl (C=O) groups is 1. The van der Waals surface area contributed by atoms with Crippen LogP contribution in [0.25, 0.3) is 10.9 Å². The number of aromatic amines is 1. The second-order valence-corrected chi connectivity index (χ2v) is 6.11. The van der Waals surface area contributed by atoms with Gasteiger partial charge < -0.3 is 10.3 Å². The Labute approximate surface area is 145 Å². The molecule has 0 spiro atoms. The molecule has 0 bridgehead atoms. The molecule has 128 valence electrons. The van der Waals surface area contributed by atoms with Crippen LogP contribution in [-0.4, -0.2) is 15.8 Å². The summed E-state index contributed by atoms with van der Waals surface area (Å²) in [7, 11) is 0. The standard InChI is InChI=1S/C19H19N3O3/c1-13(9-15-12-20-18-8-3-2-7-17(15)18)19(23)21-11-14-5-4-6-16(10-14)22(24)25/h2-8,10,12-13,20H,9,11H2,1H3,(H,21,23). The molecule has 3 aromatic rings. The van der Waals surface area contributed by atoms with Crippen LogP contribution >= 0.6 is 0 Å². The Morgan fingerprint density at radius 2 is 2.04 bits per heavy atom. The van der Waals surface area contributed by atoms with Crippen molar-refractivity contribution < 1.29 is 9.72 Å². The molecule has 3 rings (SSSR count). The van der Waals surface area contributed by atoms with Gasteiger partial charge in [-0.05, 0) is 23.6 Å². The molecule has 1 aromatic heterocycles. The van der Waals surface area contributed by atoms with Crippen LogP contribution in [0.4, 0.5) is 5.69 Å². The lowest BCUT2D eigenvalue weighted by molar-refractivity contribution is -0.384. The lowest BCUT2D eigenvalue weighted by Gasteiger charge is -2.12. The van der Waals surface area contributed by atoms with Crippen molar-refractivity contribution >= 4 is 22.5 Å². The van der Waals surface area contributed by atoms with Crippen molar-refractivity contribution in [2.24, 2.45) is 5.92 Å². The van der Waals surface area contributed by atoms with Gasteiger partial charge in [0.1, 0.15) is 0 Å². The van der Waals surface area contributed by atoms with Gasteiger partial charge in [0.15, 0.2) is 0 Å². The molecule has 0 aliphatic rings. The number of fused-ring (bicyclic) bond motifs is 1. The topological polar surface area (TPSA) is 88.0 Å². The maximum atomic E-state index is 12.3. The first-order valence-electron chi connectivity index (χ1n) is 8.10. The van der Waals surface area contributed by atoms with Gasteiger partial charge in [0, 0.05) is 41.7 Å². The van der Waals surface area contributed by atoms with Gasteiger partial charge >= 0.3 is 0 Å². The van der Waals surface area contributed by atoms with E-state index < -0.39 is 4.92 Å². The van der Waals surface area contributed by atoms with Gasteiger partial charge in [0.25, 0.3) is 5.69 Å². The van der Waals surface area contributed by atoms with Gasteiger partial charge in [-0.2, -0.15) is 0 Å². The van der Waals surface area contributed by atoms with Crippen molar-refractivity contribution in [1.82, 2.24) is 10.3 Å². The summed E-state index contributed by atoms with van der Waals surface area (Å²) >= 11 is 0. The van der Waals surface area contributed by atoms with Crippen LogP contribution in [0.3, 0.4) is 0 Å². The molecule has 1 atom stereocenters. The van der Waals surface area contributed by atoms with E-state index in [4.69, 9.17) is 0 Å². The predicted octanol–water partition coefficient (Wildman–Crippen LogP) is 3.57. The average Bonchev–Trinajstić information content (AvgIpc) is 3.03. The molecule has 1 heterocycles. The van der Waals surface area contributed by atoms with Crippen LogP contribution in [-0.2, 0) is 17.8 Å². The second kappa shape index (κ2) is 7.17. The van der Waals surface area contributed by atoms with Crippen molar-refractivity contribution in [2.75, 3.05) is 0 Å². The highest BCUT2D eigenvalue weighted by molar-refractivity contribution is 5.84. The molecule has 1 amide bonds. The van der Waals surface area contributed by atoms with Gasteiger partial charge in [0.05, 0.1) is 4.92 Å². The minimum atomic E-state index is -0.440. The molecule has 6 nitrogen and oxygen atoms in total. The monoisotopic (exact) mass is 337 g/mol. The first kappa shape index (κ1) is 16.7. The number of para-hydroxylation sites is 1. The maximum Gasteiger partial charge on any atom is 0.269 e. The highest BCUT2D eigenvalue weighted by Crippen LogP contribution is 2.21. The summed E-state index contributed by atoms with van der Waals surface area (Å²) in [6.07, 6.45) is 2.57. The first-order valence-corrected chi connectivity index (χ1v) is 8.10. The zero-order chi connectivity index (χ0) is 17.8. The van der Waals surface area contributed by atoms with Crippen LogP contribution in [0.15, 0.2) is 54.7 Å². The fourth-order valence-corrected chi connectivity index (χ4v) is 2.87. The summed E-state index contributed by atoms with van der Waals surface area (Å²) < 4.78 is 0. The Bertz CT molecular complexity index is 917. The number of H-pyrrole nitrogens is 1. The lowest BCUT2D eigenvalue weighted by Crippen LogP contribution is -2.29. The third kappa shape index (κ3) is 3.85. The number of nitro benzene ring substituents is 1. The van der Waals surface area contributed by atoms with E-state index in [9.17, 15) is 14.9 Å². The van der Waals surface area contributed by atoms with Gasteiger partial charge in [-0.25, -0.2) is 0 Å². The van der Waals surface area contributed by atoms with Crippen molar-refractivity contribution in [1.29, 1.82) is 0 Å².